The van der Waals surface area contributed by atoms with Crippen molar-refractivity contribution in [3.05, 3.63) is 0 Å². The Morgan fingerprint density at radius 1 is 0.710 bits per heavy atom. The molecule has 8 atom stereocenters. The van der Waals surface area contributed by atoms with E-state index in [0.29, 0.717) is 0 Å². The second-order valence-electron chi connectivity index (χ2n) is 12.4. The van der Waals surface area contributed by atoms with Gasteiger partial charge in [-0.25, -0.2) is 0 Å². The number of fused-ring (bicyclic) bond motifs is 5. The molecule has 0 aliphatic heterocycles. The van der Waals surface area contributed by atoms with Crippen molar-refractivity contribution >= 4 is 0 Å². The van der Waals surface area contributed by atoms with Gasteiger partial charge in [0.1, 0.15) is 0 Å². The maximum atomic E-state index is 10.0. The summed E-state index contributed by atoms with van der Waals surface area (Å²) in [5.74, 6) is 7.11. The lowest BCUT2D eigenvalue weighted by molar-refractivity contribution is -0.0718. The summed E-state index contributed by atoms with van der Waals surface area (Å²) in [5.41, 5.74) is 0.0366. The fraction of sp³-hybridized carbons (Fsp3) is 0.967. The predicted octanol–water partition coefficient (Wildman–Crippen LogP) is 9.32. The number of hydrogen-bond donors (Lipinski definition) is 0. The lowest BCUT2D eigenvalue weighted by Crippen LogP contribution is -2.49. The van der Waals surface area contributed by atoms with Crippen LogP contribution in [0.1, 0.15) is 136 Å². The third-order valence-corrected chi connectivity index (χ3v) is 10.8. The molecule has 176 valence electrons. The van der Waals surface area contributed by atoms with E-state index >= 15 is 0 Å². The minimum atomic E-state index is 0.0366. The Morgan fingerprint density at radius 2 is 1.42 bits per heavy atom. The van der Waals surface area contributed by atoms with Gasteiger partial charge in [0, 0.05) is 0 Å². The Kier molecular flexibility index (Phi) is 8.45. The SMILES string of the molecule is CCCCCCC[C@@H]1CCCC2C3CCC4C[C@@](C#N)(CCCC)CCC4C3CCC21. The first-order valence-electron chi connectivity index (χ1n) is 14.6. The van der Waals surface area contributed by atoms with E-state index in [0.717, 1.165) is 41.4 Å². The Morgan fingerprint density at radius 3 is 2.23 bits per heavy atom. The van der Waals surface area contributed by atoms with Gasteiger partial charge in [-0.05, 0) is 99.2 Å². The molecule has 1 nitrogen and oxygen atoms in total. The average molecular weight is 426 g/mol. The number of hydrogen-bond acceptors (Lipinski definition) is 1. The van der Waals surface area contributed by atoms with Crippen LogP contribution in [0.2, 0.25) is 0 Å². The molecule has 0 aromatic carbocycles. The molecular weight excluding hydrogens is 374 g/mol. The Hall–Kier alpha value is -0.510. The van der Waals surface area contributed by atoms with Crippen LogP contribution in [0, 0.1) is 58.2 Å². The number of rotatable bonds is 9. The zero-order valence-electron chi connectivity index (χ0n) is 20.9. The third kappa shape index (κ3) is 5.20. The van der Waals surface area contributed by atoms with E-state index in [1.807, 2.05) is 0 Å². The Balaban J connectivity index is 1.35. The summed E-state index contributed by atoms with van der Waals surface area (Å²) in [5, 5.41) is 10.0. The highest BCUT2D eigenvalue weighted by molar-refractivity contribution is 5.07. The van der Waals surface area contributed by atoms with Crippen LogP contribution in [0.4, 0.5) is 0 Å². The van der Waals surface area contributed by atoms with E-state index in [2.05, 4.69) is 19.9 Å². The zero-order valence-corrected chi connectivity index (χ0v) is 20.9. The van der Waals surface area contributed by atoms with Crippen LogP contribution in [0.25, 0.3) is 0 Å². The summed E-state index contributed by atoms with van der Waals surface area (Å²) < 4.78 is 0. The second-order valence-corrected chi connectivity index (χ2v) is 12.4. The van der Waals surface area contributed by atoms with E-state index in [9.17, 15) is 5.26 Å². The number of nitriles is 1. The summed E-state index contributed by atoms with van der Waals surface area (Å²) in [6.45, 7) is 4.61. The molecule has 6 unspecified atom stereocenters. The summed E-state index contributed by atoms with van der Waals surface area (Å²) in [7, 11) is 0. The van der Waals surface area contributed by atoms with Crippen LogP contribution < -0.4 is 0 Å². The monoisotopic (exact) mass is 425 g/mol. The van der Waals surface area contributed by atoms with Gasteiger partial charge in [0.15, 0.2) is 0 Å². The predicted molar refractivity (Wildman–Crippen MR) is 132 cm³/mol. The first-order valence-corrected chi connectivity index (χ1v) is 14.6. The summed E-state index contributed by atoms with van der Waals surface area (Å²) in [6, 6.07) is 2.84. The summed E-state index contributed by atoms with van der Waals surface area (Å²) >= 11 is 0. The maximum Gasteiger partial charge on any atom is 0.0689 e. The number of unbranched alkanes of at least 4 members (excludes halogenated alkanes) is 5. The average Bonchev–Trinajstić information content (AvgIpc) is 2.82. The van der Waals surface area contributed by atoms with Crippen molar-refractivity contribution in [2.45, 2.75) is 136 Å². The lowest BCUT2D eigenvalue weighted by atomic mass is 9.48. The first-order chi connectivity index (χ1) is 15.2. The lowest BCUT2D eigenvalue weighted by Gasteiger charge is -2.57. The molecule has 0 radical (unpaired) electrons. The minimum Gasteiger partial charge on any atom is -0.198 e. The van der Waals surface area contributed by atoms with Gasteiger partial charge in [-0.2, -0.15) is 5.26 Å². The van der Waals surface area contributed by atoms with Gasteiger partial charge in [-0.3, -0.25) is 0 Å². The fourth-order valence-electron chi connectivity index (χ4n) is 9.24. The molecule has 0 amide bonds. The molecule has 4 aliphatic rings. The fourth-order valence-corrected chi connectivity index (χ4v) is 9.24. The second kappa shape index (κ2) is 11.1. The van der Waals surface area contributed by atoms with E-state index in [1.54, 1.807) is 19.3 Å². The molecule has 1 heteroatoms. The van der Waals surface area contributed by atoms with Crippen LogP contribution in [0.15, 0.2) is 0 Å². The van der Waals surface area contributed by atoms with Crippen LogP contribution in [0.5, 0.6) is 0 Å². The van der Waals surface area contributed by atoms with Gasteiger partial charge in [0.05, 0.1) is 11.5 Å². The minimum absolute atomic E-state index is 0.0366. The van der Waals surface area contributed by atoms with Gasteiger partial charge in [0.25, 0.3) is 0 Å². The quantitative estimate of drug-likeness (QED) is 0.337. The molecule has 4 fully saturated rings. The van der Waals surface area contributed by atoms with Gasteiger partial charge >= 0.3 is 0 Å². The van der Waals surface area contributed by atoms with Crippen LogP contribution in [0.3, 0.4) is 0 Å². The molecule has 0 aromatic rings. The Labute approximate surface area is 194 Å². The summed E-state index contributed by atoms with van der Waals surface area (Å²) in [6.07, 6.45) is 26.9. The van der Waals surface area contributed by atoms with Crippen molar-refractivity contribution < 1.29 is 0 Å². The third-order valence-electron chi connectivity index (χ3n) is 10.8. The van der Waals surface area contributed by atoms with Crippen molar-refractivity contribution in [3.8, 4) is 6.07 Å². The van der Waals surface area contributed by atoms with E-state index in [1.165, 1.54) is 103 Å². The van der Waals surface area contributed by atoms with Crippen LogP contribution in [-0.2, 0) is 0 Å². The molecule has 0 spiro atoms. The van der Waals surface area contributed by atoms with Crippen molar-refractivity contribution in [3.63, 3.8) is 0 Å². The highest BCUT2D eigenvalue weighted by Gasteiger charge is 2.52. The van der Waals surface area contributed by atoms with Crippen molar-refractivity contribution in [2.75, 3.05) is 0 Å². The first kappa shape index (κ1) is 23.6. The van der Waals surface area contributed by atoms with Crippen molar-refractivity contribution in [1.29, 1.82) is 5.26 Å². The van der Waals surface area contributed by atoms with Gasteiger partial charge in [-0.1, -0.05) is 78.1 Å². The molecule has 0 bridgehead atoms. The highest BCUT2D eigenvalue weighted by Crippen LogP contribution is 2.60. The molecular formula is C30H51N. The summed E-state index contributed by atoms with van der Waals surface area (Å²) in [4.78, 5) is 0. The van der Waals surface area contributed by atoms with E-state index < -0.39 is 0 Å². The van der Waals surface area contributed by atoms with Crippen LogP contribution >= 0.6 is 0 Å². The van der Waals surface area contributed by atoms with Crippen molar-refractivity contribution in [2.24, 2.45) is 46.8 Å². The molecule has 0 saturated heterocycles. The molecule has 0 aromatic heterocycles. The standard InChI is InChI=1S/C30H51N/c1-3-5-7-8-9-11-23-12-10-13-27-25(23)16-17-28-26-18-20-30(22-31,19-6-4-2)21-24(26)14-15-29(27)28/h23-29H,3-21H2,1-2H3/t23-,24?,25?,26?,27?,28?,29?,30-/m1/s1. The zero-order chi connectivity index (χ0) is 21.7. The molecule has 4 aliphatic carbocycles. The number of nitrogens with zero attached hydrogens (tertiary/aromatic N) is 1. The maximum absolute atomic E-state index is 10.0. The molecule has 0 heterocycles. The molecule has 4 rings (SSSR count). The van der Waals surface area contributed by atoms with Gasteiger partial charge in [0.2, 0.25) is 0 Å². The molecule has 0 N–H and O–H groups in total. The van der Waals surface area contributed by atoms with E-state index in [-0.39, 0.29) is 5.41 Å². The van der Waals surface area contributed by atoms with E-state index in [4.69, 9.17) is 0 Å². The normalized spacial score (nSPS) is 42.2. The molecule has 31 heavy (non-hydrogen) atoms. The highest BCUT2D eigenvalue weighted by atomic mass is 14.6. The van der Waals surface area contributed by atoms with Gasteiger partial charge < -0.3 is 0 Å². The molecule has 4 saturated carbocycles. The van der Waals surface area contributed by atoms with Gasteiger partial charge in [-0.15, -0.1) is 0 Å². The topological polar surface area (TPSA) is 23.8 Å². The Bertz CT molecular complexity index is 590. The van der Waals surface area contributed by atoms with Crippen molar-refractivity contribution in [1.82, 2.24) is 0 Å². The largest absolute Gasteiger partial charge is 0.198 e. The smallest absolute Gasteiger partial charge is 0.0689 e. The van der Waals surface area contributed by atoms with Crippen LogP contribution in [-0.4, -0.2) is 0 Å².